The zero-order valence-electron chi connectivity index (χ0n) is 18.0. The van der Waals surface area contributed by atoms with E-state index < -0.39 is 0 Å². The Morgan fingerprint density at radius 1 is 1.13 bits per heavy atom. The van der Waals surface area contributed by atoms with Gasteiger partial charge in [-0.05, 0) is 49.6 Å². The summed E-state index contributed by atoms with van der Waals surface area (Å²) in [5.41, 5.74) is 3.87. The van der Waals surface area contributed by atoms with E-state index in [-0.39, 0.29) is 5.56 Å². The van der Waals surface area contributed by atoms with Crippen molar-refractivity contribution in [1.29, 1.82) is 0 Å². The van der Waals surface area contributed by atoms with Gasteiger partial charge in [-0.1, -0.05) is 60.3 Å². The highest BCUT2D eigenvalue weighted by Crippen LogP contribution is 2.32. The third-order valence-electron chi connectivity index (χ3n) is 5.17. The van der Waals surface area contributed by atoms with Gasteiger partial charge in [-0.3, -0.25) is 9.36 Å². The van der Waals surface area contributed by atoms with Crippen molar-refractivity contribution in [3.05, 3.63) is 86.5 Å². The quantitative estimate of drug-likeness (QED) is 0.261. The minimum atomic E-state index is -0.0507. The summed E-state index contributed by atoms with van der Waals surface area (Å²) in [6.45, 7) is 6.04. The average molecular weight is 449 g/mol. The molecule has 0 saturated heterocycles. The van der Waals surface area contributed by atoms with E-state index in [0.29, 0.717) is 22.0 Å². The lowest BCUT2D eigenvalue weighted by molar-refractivity contribution is 0.411. The standard InChI is InChI=1S/C25H24N2O2S2/c1-16-12-13-21(29-4)20(15-16)27-24(28)22-17(2)18(3)31-23(22)26-25(27)30-14-8-11-19-9-6-5-7-10-19/h5-13,15H,14H2,1-4H3/b11-8+. The first kappa shape index (κ1) is 21.4. The van der Waals surface area contributed by atoms with Gasteiger partial charge in [0.2, 0.25) is 0 Å². The molecule has 0 N–H and O–H groups in total. The van der Waals surface area contributed by atoms with E-state index in [0.717, 1.165) is 32.1 Å². The summed E-state index contributed by atoms with van der Waals surface area (Å²) >= 11 is 3.12. The van der Waals surface area contributed by atoms with Crippen LogP contribution in [0.15, 0.2) is 64.6 Å². The van der Waals surface area contributed by atoms with Crippen LogP contribution in [-0.4, -0.2) is 22.4 Å². The van der Waals surface area contributed by atoms with E-state index >= 15 is 0 Å². The lowest BCUT2D eigenvalue weighted by atomic mass is 10.2. The van der Waals surface area contributed by atoms with Gasteiger partial charge in [0.05, 0.1) is 18.2 Å². The largest absolute Gasteiger partial charge is 0.495 e. The highest BCUT2D eigenvalue weighted by Gasteiger charge is 2.20. The summed E-state index contributed by atoms with van der Waals surface area (Å²) < 4.78 is 7.29. The van der Waals surface area contributed by atoms with E-state index in [1.54, 1.807) is 34.8 Å². The number of aryl methyl sites for hydroxylation is 3. The molecule has 0 unspecified atom stereocenters. The van der Waals surface area contributed by atoms with Crippen LogP contribution in [0.1, 0.15) is 21.6 Å². The molecule has 2 heterocycles. The molecule has 0 radical (unpaired) electrons. The zero-order chi connectivity index (χ0) is 22.0. The molecule has 0 aliphatic rings. The second kappa shape index (κ2) is 9.12. The number of fused-ring (bicyclic) bond motifs is 1. The molecule has 4 nitrogen and oxygen atoms in total. The van der Waals surface area contributed by atoms with Crippen molar-refractivity contribution in [2.24, 2.45) is 0 Å². The fourth-order valence-corrected chi connectivity index (χ4v) is 5.32. The number of nitrogens with zero attached hydrogens (tertiary/aromatic N) is 2. The molecule has 4 aromatic rings. The maximum Gasteiger partial charge on any atom is 0.267 e. The molecule has 0 aliphatic carbocycles. The maximum atomic E-state index is 13.7. The maximum absolute atomic E-state index is 13.7. The van der Waals surface area contributed by atoms with Crippen molar-refractivity contribution in [1.82, 2.24) is 9.55 Å². The van der Waals surface area contributed by atoms with Crippen LogP contribution in [0.5, 0.6) is 5.75 Å². The van der Waals surface area contributed by atoms with Crippen LogP contribution in [0, 0.1) is 20.8 Å². The number of ether oxygens (including phenoxy) is 1. The molecule has 0 saturated carbocycles. The fraction of sp³-hybridized carbons (Fsp3) is 0.200. The monoisotopic (exact) mass is 448 g/mol. The Hall–Kier alpha value is -2.83. The Balaban J connectivity index is 1.82. The van der Waals surface area contributed by atoms with Gasteiger partial charge in [0, 0.05) is 10.6 Å². The van der Waals surface area contributed by atoms with Crippen LogP contribution < -0.4 is 10.3 Å². The zero-order valence-corrected chi connectivity index (χ0v) is 19.6. The number of aromatic nitrogens is 2. The second-order valence-electron chi connectivity index (χ2n) is 7.30. The summed E-state index contributed by atoms with van der Waals surface area (Å²) in [5.74, 6) is 1.35. The molecule has 4 rings (SSSR count). The van der Waals surface area contributed by atoms with Crippen LogP contribution in [0.25, 0.3) is 22.0 Å². The smallest absolute Gasteiger partial charge is 0.267 e. The molecule has 2 aromatic heterocycles. The summed E-state index contributed by atoms with van der Waals surface area (Å²) in [6, 6.07) is 16.0. The van der Waals surface area contributed by atoms with Gasteiger partial charge in [-0.25, -0.2) is 4.98 Å². The number of benzene rings is 2. The molecule has 0 amide bonds. The predicted molar refractivity (Wildman–Crippen MR) is 132 cm³/mol. The van der Waals surface area contributed by atoms with E-state index in [1.807, 2.05) is 57.2 Å². The van der Waals surface area contributed by atoms with Crippen LogP contribution in [0.3, 0.4) is 0 Å². The van der Waals surface area contributed by atoms with Gasteiger partial charge in [0.15, 0.2) is 5.16 Å². The highest BCUT2D eigenvalue weighted by atomic mass is 32.2. The molecular weight excluding hydrogens is 424 g/mol. The van der Waals surface area contributed by atoms with Crippen molar-refractivity contribution < 1.29 is 4.74 Å². The Labute approximate surface area is 190 Å². The van der Waals surface area contributed by atoms with Gasteiger partial charge in [-0.2, -0.15) is 0 Å². The molecule has 2 aromatic carbocycles. The Bertz CT molecular complexity index is 1320. The third-order valence-corrected chi connectivity index (χ3v) is 7.16. The highest BCUT2D eigenvalue weighted by molar-refractivity contribution is 7.99. The first-order valence-electron chi connectivity index (χ1n) is 10.0. The topological polar surface area (TPSA) is 44.1 Å². The number of methoxy groups -OCH3 is 1. The number of rotatable bonds is 6. The van der Waals surface area contributed by atoms with Crippen LogP contribution in [0.2, 0.25) is 0 Å². The van der Waals surface area contributed by atoms with Crippen molar-refractivity contribution >= 4 is 39.4 Å². The minimum Gasteiger partial charge on any atom is -0.495 e. The first-order valence-corrected chi connectivity index (χ1v) is 11.8. The summed E-state index contributed by atoms with van der Waals surface area (Å²) in [6.07, 6.45) is 4.18. The van der Waals surface area contributed by atoms with E-state index in [4.69, 9.17) is 9.72 Å². The summed E-state index contributed by atoms with van der Waals surface area (Å²) in [5, 5.41) is 1.36. The molecule has 6 heteroatoms. The van der Waals surface area contributed by atoms with Gasteiger partial charge < -0.3 is 4.74 Å². The van der Waals surface area contributed by atoms with E-state index in [9.17, 15) is 4.79 Å². The fourth-order valence-electron chi connectivity index (χ4n) is 3.43. The normalized spacial score (nSPS) is 11.5. The Morgan fingerprint density at radius 3 is 2.65 bits per heavy atom. The van der Waals surface area contributed by atoms with Crippen molar-refractivity contribution in [3.63, 3.8) is 0 Å². The van der Waals surface area contributed by atoms with Gasteiger partial charge in [0.25, 0.3) is 5.56 Å². The molecule has 0 atom stereocenters. The van der Waals surface area contributed by atoms with Gasteiger partial charge >= 0.3 is 0 Å². The minimum absolute atomic E-state index is 0.0507. The summed E-state index contributed by atoms with van der Waals surface area (Å²) in [4.78, 5) is 20.5. The van der Waals surface area contributed by atoms with Crippen molar-refractivity contribution in [3.8, 4) is 11.4 Å². The van der Waals surface area contributed by atoms with Crippen molar-refractivity contribution in [2.75, 3.05) is 12.9 Å². The number of hydrogen-bond acceptors (Lipinski definition) is 5. The molecule has 158 valence electrons. The molecule has 0 aliphatic heterocycles. The van der Waals surface area contributed by atoms with Crippen LogP contribution in [0.4, 0.5) is 0 Å². The number of hydrogen-bond donors (Lipinski definition) is 0. The van der Waals surface area contributed by atoms with Crippen LogP contribution in [-0.2, 0) is 0 Å². The van der Waals surface area contributed by atoms with E-state index in [1.165, 1.54) is 0 Å². The molecular formula is C25H24N2O2S2. The molecule has 0 spiro atoms. The van der Waals surface area contributed by atoms with Gasteiger partial charge in [0.1, 0.15) is 10.6 Å². The molecule has 0 bridgehead atoms. The number of thioether (sulfide) groups is 1. The first-order chi connectivity index (χ1) is 15.0. The van der Waals surface area contributed by atoms with Gasteiger partial charge in [-0.15, -0.1) is 11.3 Å². The third kappa shape index (κ3) is 4.31. The lowest BCUT2D eigenvalue weighted by Gasteiger charge is -2.15. The Kier molecular flexibility index (Phi) is 6.30. The van der Waals surface area contributed by atoms with Crippen LogP contribution >= 0.6 is 23.1 Å². The lowest BCUT2D eigenvalue weighted by Crippen LogP contribution is -2.22. The van der Waals surface area contributed by atoms with E-state index in [2.05, 4.69) is 24.3 Å². The predicted octanol–water partition coefficient (Wildman–Crippen LogP) is 6.19. The number of thiophene rings is 1. The Morgan fingerprint density at radius 2 is 1.90 bits per heavy atom. The SMILES string of the molecule is COc1ccc(C)cc1-n1c(SC/C=C/c2ccccc2)nc2sc(C)c(C)c2c1=O. The van der Waals surface area contributed by atoms with Crippen molar-refractivity contribution in [2.45, 2.75) is 25.9 Å². The molecule has 0 fully saturated rings. The molecule has 31 heavy (non-hydrogen) atoms. The second-order valence-corrected chi connectivity index (χ2v) is 9.49. The average Bonchev–Trinajstić information content (AvgIpc) is 3.05. The summed E-state index contributed by atoms with van der Waals surface area (Å²) in [7, 11) is 1.63.